The first-order valence-electron chi connectivity index (χ1n) is 10.9. The van der Waals surface area contributed by atoms with Crippen molar-refractivity contribution in [1.82, 2.24) is 4.98 Å². The zero-order chi connectivity index (χ0) is 19.3. The van der Waals surface area contributed by atoms with E-state index >= 15 is 0 Å². The Labute approximate surface area is 172 Å². The van der Waals surface area contributed by atoms with E-state index in [-0.39, 0.29) is 11.3 Å². The number of hydrogen-bond donors (Lipinski definition) is 1. The Morgan fingerprint density at radius 1 is 1.11 bits per heavy atom. The topological polar surface area (TPSA) is 42.0 Å². The molecule has 4 saturated carbocycles. The molecule has 1 amide bonds. The quantitative estimate of drug-likeness (QED) is 0.653. The van der Waals surface area contributed by atoms with Gasteiger partial charge in [-0.1, -0.05) is 43.2 Å². The van der Waals surface area contributed by atoms with Crippen molar-refractivity contribution in [2.45, 2.75) is 65.2 Å². The van der Waals surface area contributed by atoms with E-state index in [2.05, 4.69) is 43.4 Å². The zero-order valence-corrected chi connectivity index (χ0v) is 17.8. The number of hydrogen-bond acceptors (Lipinski definition) is 3. The fourth-order valence-electron chi connectivity index (χ4n) is 6.36. The van der Waals surface area contributed by atoms with E-state index in [4.69, 9.17) is 4.98 Å². The lowest BCUT2D eigenvalue weighted by Crippen LogP contribution is -2.51. The number of anilines is 1. The third-order valence-corrected chi connectivity index (χ3v) is 8.27. The fraction of sp³-hybridized carbons (Fsp3) is 0.583. The Kier molecular flexibility index (Phi) is 4.58. The van der Waals surface area contributed by atoms with Crippen molar-refractivity contribution in [3.05, 3.63) is 34.7 Å². The van der Waals surface area contributed by atoms with Gasteiger partial charge < -0.3 is 5.32 Å². The highest BCUT2D eigenvalue weighted by Crippen LogP contribution is 2.60. The number of nitrogens with zero attached hydrogens (tertiary/aromatic N) is 1. The van der Waals surface area contributed by atoms with Gasteiger partial charge in [-0.25, -0.2) is 4.98 Å². The molecule has 0 saturated heterocycles. The second kappa shape index (κ2) is 6.98. The number of nitrogens with one attached hydrogen (secondary N) is 1. The normalized spacial score (nSPS) is 30.6. The van der Waals surface area contributed by atoms with E-state index in [9.17, 15) is 4.79 Å². The Morgan fingerprint density at radius 3 is 2.29 bits per heavy atom. The van der Waals surface area contributed by atoms with Crippen LogP contribution in [0.3, 0.4) is 0 Å². The Morgan fingerprint density at radius 2 is 1.71 bits per heavy atom. The van der Waals surface area contributed by atoms with Crippen LogP contribution in [-0.4, -0.2) is 10.9 Å². The van der Waals surface area contributed by atoms with Gasteiger partial charge in [-0.2, -0.15) is 0 Å². The molecule has 0 radical (unpaired) electrons. The minimum Gasteiger partial charge on any atom is -0.301 e. The number of thiazole rings is 1. The summed E-state index contributed by atoms with van der Waals surface area (Å²) < 4.78 is 0. The van der Waals surface area contributed by atoms with E-state index in [1.807, 2.05) is 0 Å². The van der Waals surface area contributed by atoms with Gasteiger partial charge >= 0.3 is 0 Å². The molecule has 0 unspecified atom stereocenters. The van der Waals surface area contributed by atoms with Crippen molar-refractivity contribution in [3.63, 3.8) is 0 Å². The molecule has 4 aliphatic rings. The standard InChI is InChI=1S/C24H30N2OS/c1-3-4-20-21(19-7-5-15(2)6-8-19)25-23(28-20)26-22(27)24-12-16-9-17(13-24)11-18(10-16)14-24/h5-8,16-18H,3-4,9-14H2,1-2H3,(H,25,26,27). The number of aromatic nitrogens is 1. The molecule has 148 valence electrons. The van der Waals surface area contributed by atoms with Crippen molar-refractivity contribution in [1.29, 1.82) is 0 Å². The molecule has 1 heterocycles. The highest BCUT2D eigenvalue weighted by atomic mass is 32.1. The average molecular weight is 395 g/mol. The number of rotatable bonds is 5. The lowest BCUT2D eigenvalue weighted by Gasteiger charge is -2.55. The molecular weight excluding hydrogens is 364 g/mol. The summed E-state index contributed by atoms with van der Waals surface area (Å²) in [5, 5.41) is 4.06. The number of carbonyl (C=O) groups excluding carboxylic acids is 1. The SMILES string of the molecule is CCCc1sc(NC(=O)C23CC4CC(CC(C4)C2)C3)nc1-c1ccc(C)cc1. The largest absolute Gasteiger partial charge is 0.301 e. The van der Waals surface area contributed by atoms with Crippen LogP contribution in [0.4, 0.5) is 5.13 Å². The van der Waals surface area contributed by atoms with Crippen LogP contribution < -0.4 is 5.32 Å². The molecule has 0 atom stereocenters. The van der Waals surface area contributed by atoms with Gasteiger partial charge in [-0.3, -0.25) is 4.79 Å². The van der Waals surface area contributed by atoms with Crippen molar-refractivity contribution in [3.8, 4) is 11.3 Å². The van der Waals surface area contributed by atoms with Gasteiger partial charge in [-0.05, 0) is 69.6 Å². The highest BCUT2D eigenvalue weighted by molar-refractivity contribution is 7.16. The van der Waals surface area contributed by atoms with Crippen molar-refractivity contribution in [2.75, 3.05) is 5.32 Å². The third-order valence-electron chi connectivity index (χ3n) is 7.24. The molecule has 1 aromatic carbocycles. The first-order chi connectivity index (χ1) is 13.5. The van der Waals surface area contributed by atoms with Gasteiger partial charge in [0.05, 0.1) is 11.1 Å². The predicted molar refractivity (Wildman–Crippen MR) is 116 cm³/mol. The van der Waals surface area contributed by atoms with E-state index < -0.39 is 0 Å². The summed E-state index contributed by atoms with van der Waals surface area (Å²) in [6, 6.07) is 8.57. The maximum atomic E-state index is 13.4. The van der Waals surface area contributed by atoms with Gasteiger partial charge in [-0.15, -0.1) is 11.3 Å². The lowest BCUT2D eigenvalue weighted by atomic mass is 9.49. The average Bonchev–Trinajstić information content (AvgIpc) is 3.04. The molecule has 3 nitrogen and oxygen atoms in total. The molecule has 6 rings (SSSR count). The highest BCUT2D eigenvalue weighted by Gasteiger charge is 2.54. The predicted octanol–water partition coefficient (Wildman–Crippen LogP) is 6.23. The minimum absolute atomic E-state index is 0.116. The second-order valence-electron chi connectivity index (χ2n) is 9.56. The summed E-state index contributed by atoms with van der Waals surface area (Å²) in [6.07, 6.45) is 9.48. The van der Waals surface area contributed by atoms with Gasteiger partial charge in [0.2, 0.25) is 5.91 Å². The molecule has 4 fully saturated rings. The van der Waals surface area contributed by atoms with Crippen LogP contribution in [0.2, 0.25) is 0 Å². The molecule has 4 aliphatic carbocycles. The number of amides is 1. The summed E-state index contributed by atoms with van der Waals surface area (Å²) in [5.41, 5.74) is 3.34. The van der Waals surface area contributed by atoms with Crippen LogP contribution in [0.5, 0.6) is 0 Å². The van der Waals surface area contributed by atoms with Crippen LogP contribution in [0.15, 0.2) is 24.3 Å². The van der Waals surface area contributed by atoms with Crippen molar-refractivity contribution in [2.24, 2.45) is 23.2 Å². The molecule has 0 spiro atoms. The fourth-order valence-corrected chi connectivity index (χ4v) is 7.44. The van der Waals surface area contributed by atoms with Crippen LogP contribution in [-0.2, 0) is 11.2 Å². The van der Waals surface area contributed by atoms with Crippen LogP contribution in [0.25, 0.3) is 11.3 Å². The van der Waals surface area contributed by atoms with Gasteiger partial charge in [0.15, 0.2) is 5.13 Å². The summed E-state index contributed by atoms with van der Waals surface area (Å²) >= 11 is 1.67. The monoisotopic (exact) mass is 394 g/mol. The van der Waals surface area contributed by atoms with E-state index in [0.717, 1.165) is 66.2 Å². The first-order valence-corrected chi connectivity index (χ1v) is 11.7. The number of benzene rings is 1. The van der Waals surface area contributed by atoms with Crippen LogP contribution >= 0.6 is 11.3 Å². The maximum absolute atomic E-state index is 13.4. The van der Waals surface area contributed by atoms with Crippen LogP contribution in [0.1, 0.15) is 62.3 Å². The summed E-state index contributed by atoms with van der Waals surface area (Å²) in [5.74, 6) is 2.60. The van der Waals surface area contributed by atoms with Crippen molar-refractivity contribution < 1.29 is 4.79 Å². The Hall–Kier alpha value is -1.68. The Balaban J connectivity index is 1.40. The number of carbonyl (C=O) groups is 1. The molecule has 4 bridgehead atoms. The summed E-state index contributed by atoms with van der Waals surface area (Å²) in [4.78, 5) is 19.5. The second-order valence-corrected chi connectivity index (χ2v) is 10.6. The Bertz CT molecular complexity index is 847. The van der Waals surface area contributed by atoms with E-state index in [0.29, 0.717) is 0 Å². The lowest BCUT2D eigenvalue weighted by molar-refractivity contribution is -0.140. The van der Waals surface area contributed by atoms with E-state index in [1.165, 1.54) is 29.7 Å². The first kappa shape index (κ1) is 18.4. The third kappa shape index (κ3) is 3.20. The molecule has 0 aliphatic heterocycles. The summed E-state index contributed by atoms with van der Waals surface area (Å²) in [7, 11) is 0. The van der Waals surface area contributed by atoms with Crippen molar-refractivity contribution >= 4 is 22.4 Å². The summed E-state index contributed by atoms with van der Waals surface area (Å²) in [6.45, 7) is 4.31. The molecule has 28 heavy (non-hydrogen) atoms. The van der Waals surface area contributed by atoms with Gasteiger partial charge in [0.1, 0.15) is 0 Å². The minimum atomic E-state index is -0.116. The van der Waals surface area contributed by atoms with Gasteiger partial charge in [0.25, 0.3) is 0 Å². The molecular formula is C24H30N2OS. The molecule has 4 heteroatoms. The number of aryl methyl sites for hydroxylation is 2. The smallest absolute Gasteiger partial charge is 0.232 e. The van der Waals surface area contributed by atoms with Gasteiger partial charge in [0, 0.05) is 10.4 Å². The van der Waals surface area contributed by atoms with Crippen LogP contribution in [0, 0.1) is 30.1 Å². The maximum Gasteiger partial charge on any atom is 0.232 e. The molecule has 1 N–H and O–H groups in total. The molecule has 2 aromatic rings. The zero-order valence-electron chi connectivity index (χ0n) is 17.0. The molecule has 1 aromatic heterocycles. The van der Waals surface area contributed by atoms with E-state index in [1.54, 1.807) is 11.3 Å².